The molecule has 0 spiro atoms. The second-order valence-corrected chi connectivity index (χ2v) is 7.68. The third kappa shape index (κ3) is 4.31. The van der Waals surface area contributed by atoms with Gasteiger partial charge in [-0.2, -0.15) is 0 Å². The molecule has 1 fully saturated rings. The highest BCUT2D eigenvalue weighted by Gasteiger charge is 2.30. The van der Waals surface area contributed by atoms with E-state index < -0.39 is 32.7 Å². The van der Waals surface area contributed by atoms with Crippen LogP contribution in [0.2, 0.25) is 0 Å². The number of carbonyl (C=O) groups excluding carboxylic acids is 1. The number of methoxy groups -OCH3 is 1. The Labute approximate surface area is 141 Å². The number of sulfonamides is 1. The van der Waals surface area contributed by atoms with Crippen LogP contribution in [0.4, 0.5) is 4.39 Å². The van der Waals surface area contributed by atoms with E-state index in [0.717, 1.165) is 57.4 Å². The molecule has 0 aliphatic heterocycles. The van der Waals surface area contributed by atoms with Crippen LogP contribution in [0.1, 0.15) is 42.5 Å². The van der Waals surface area contributed by atoms with Gasteiger partial charge < -0.3 is 10.5 Å². The highest BCUT2D eigenvalue weighted by atomic mass is 32.2. The zero-order valence-corrected chi connectivity index (χ0v) is 14.4. The minimum Gasteiger partial charge on any atom is -0.465 e. The number of hydrogen-bond acceptors (Lipinski definition) is 5. The van der Waals surface area contributed by atoms with Gasteiger partial charge in [0.15, 0.2) is 0 Å². The minimum atomic E-state index is -4.10. The highest BCUT2D eigenvalue weighted by Crippen LogP contribution is 2.27. The molecule has 0 bridgehead atoms. The van der Waals surface area contributed by atoms with Crippen LogP contribution in [-0.4, -0.2) is 34.1 Å². The second-order valence-electron chi connectivity index (χ2n) is 5.99. The lowest BCUT2D eigenvalue weighted by atomic mass is 9.84. The number of ether oxygens (including phenoxy) is 1. The van der Waals surface area contributed by atoms with E-state index in [1.807, 2.05) is 0 Å². The number of nitrogens with one attached hydrogen (secondary N) is 1. The fourth-order valence-electron chi connectivity index (χ4n) is 3.13. The molecule has 1 aromatic carbocycles. The maximum atomic E-state index is 13.5. The topological polar surface area (TPSA) is 98.5 Å². The molecule has 2 rings (SSSR count). The van der Waals surface area contributed by atoms with E-state index in [0.29, 0.717) is 0 Å². The van der Waals surface area contributed by atoms with Crippen LogP contribution < -0.4 is 10.5 Å². The molecular formula is C16H23FN2O4S. The summed E-state index contributed by atoms with van der Waals surface area (Å²) in [5, 5.41) is 0. The number of nitrogens with two attached hydrogens (primary N) is 1. The van der Waals surface area contributed by atoms with Crippen molar-refractivity contribution < 1.29 is 22.3 Å². The number of hydrogen-bond donors (Lipinski definition) is 2. The fourth-order valence-corrected chi connectivity index (χ4v) is 4.66. The molecule has 0 aromatic heterocycles. The van der Waals surface area contributed by atoms with Crippen LogP contribution in [0, 0.1) is 11.7 Å². The highest BCUT2D eigenvalue weighted by molar-refractivity contribution is 7.89. The average molecular weight is 358 g/mol. The number of esters is 1. The third-order valence-corrected chi connectivity index (χ3v) is 5.95. The first-order valence-electron chi connectivity index (χ1n) is 7.99. The minimum absolute atomic E-state index is 0.146. The van der Waals surface area contributed by atoms with Crippen molar-refractivity contribution in [3.8, 4) is 0 Å². The lowest BCUT2D eigenvalue weighted by Gasteiger charge is -2.30. The molecule has 1 saturated carbocycles. The van der Waals surface area contributed by atoms with Gasteiger partial charge in [-0.25, -0.2) is 22.3 Å². The van der Waals surface area contributed by atoms with Gasteiger partial charge in [-0.15, -0.1) is 0 Å². The molecule has 134 valence electrons. The van der Waals surface area contributed by atoms with Crippen molar-refractivity contribution in [1.82, 2.24) is 4.72 Å². The molecule has 0 radical (unpaired) electrons. The summed E-state index contributed by atoms with van der Waals surface area (Å²) in [7, 11) is -2.96. The van der Waals surface area contributed by atoms with Crippen molar-refractivity contribution >= 4 is 16.0 Å². The van der Waals surface area contributed by atoms with Gasteiger partial charge in [-0.1, -0.05) is 19.3 Å². The lowest BCUT2D eigenvalue weighted by molar-refractivity contribution is 0.0596. The summed E-state index contributed by atoms with van der Waals surface area (Å²) >= 11 is 0. The summed E-state index contributed by atoms with van der Waals surface area (Å²) in [5.41, 5.74) is 5.55. The molecule has 1 unspecified atom stereocenters. The van der Waals surface area contributed by atoms with Gasteiger partial charge in [0.1, 0.15) is 5.82 Å². The Morgan fingerprint density at radius 2 is 2.04 bits per heavy atom. The van der Waals surface area contributed by atoms with Crippen molar-refractivity contribution in [3.63, 3.8) is 0 Å². The Morgan fingerprint density at radius 1 is 1.38 bits per heavy atom. The van der Waals surface area contributed by atoms with Crippen LogP contribution in [0.25, 0.3) is 0 Å². The summed E-state index contributed by atoms with van der Waals surface area (Å²) in [6.45, 7) is 0.146. The summed E-state index contributed by atoms with van der Waals surface area (Å²) < 4.78 is 46.1. The molecule has 1 aliphatic carbocycles. The zero-order valence-electron chi connectivity index (χ0n) is 13.6. The maximum absolute atomic E-state index is 13.5. The van der Waals surface area contributed by atoms with E-state index in [2.05, 4.69) is 9.46 Å². The Balaban J connectivity index is 2.32. The largest absolute Gasteiger partial charge is 0.465 e. The van der Waals surface area contributed by atoms with Crippen LogP contribution in [-0.2, 0) is 14.8 Å². The number of rotatable bonds is 6. The fraction of sp³-hybridized carbons (Fsp3) is 0.562. The molecule has 1 aromatic rings. The Kier molecular flexibility index (Phi) is 6.31. The smallest absolute Gasteiger partial charge is 0.339 e. The van der Waals surface area contributed by atoms with Gasteiger partial charge in [-0.3, -0.25) is 0 Å². The third-order valence-electron chi connectivity index (χ3n) is 4.42. The Hall–Kier alpha value is -1.51. The van der Waals surface area contributed by atoms with E-state index in [1.54, 1.807) is 0 Å². The standard InChI is InChI=1S/C16H23FN2O4S/c1-23-16(20)13-8-7-12(17)9-15(13)24(21,22)19-14(10-18)11-5-3-2-4-6-11/h7-9,11,14,19H,2-6,10,18H2,1H3. The molecule has 0 amide bonds. The van der Waals surface area contributed by atoms with Crippen molar-refractivity contribution in [2.75, 3.05) is 13.7 Å². The van der Waals surface area contributed by atoms with E-state index >= 15 is 0 Å². The molecular weight excluding hydrogens is 335 g/mol. The molecule has 3 N–H and O–H groups in total. The molecule has 1 atom stereocenters. The van der Waals surface area contributed by atoms with Crippen molar-refractivity contribution in [2.24, 2.45) is 11.7 Å². The normalized spacial score (nSPS) is 17.5. The van der Waals surface area contributed by atoms with Crippen LogP contribution in [0.15, 0.2) is 23.1 Å². The second kappa shape index (κ2) is 8.04. The van der Waals surface area contributed by atoms with E-state index in [4.69, 9.17) is 5.73 Å². The first kappa shape index (κ1) is 18.8. The maximum Gasteiger partial charge on any atom is 0.339 e. The van der Waals surface area contributed by atoms with E-state index in [9.17, 15) is 17.6 Å². The SMILES string of the molecule is COC(=O)c1ccc(F)cc1S(=O)(=O)NC(CN)C1CCCCC1. The van der Waals surface area contributed by atoms with Crippen LogP contribution >= 0.6 is 0 Å². The molecule has 6 nitrogen and oxygen atoms in total. The van der Waals surface area contributed by atoms with Crippen molar-refractivity contribution in [3.05, 3.63) is 29.6 Å². The van der Waals surface area contributed by atoms with E-state index in [-0.39, 0.29) is 18.0 Å². The quantitative estimate of drug-likeness (QED) is 0.756. The molecule has 0 heterocycles. The summed E-state index contributed by atoms with van der Waals surface area (Å²) in [4.78, 5) is 11.4. The average Bonchev–Trinajstić information content (AvgIpc) is 2.59. The molecule has 24 heavy (non-hydrogen) atoms. The Morgan fingerprint density at radius 3 is 2.62 bits per heavy atom. The monoisotopic (exact) mass is 358 g/mol. The number of benzene rings is 1. The van der Waals surface area contributed by atoms with Crippen molar-refractivity contribution in [2.45, 2.75) is 43.0 Å². The van der Waals surface area contributed by atoms with Gasteiger partial charge in [0.05, 0.1) is 17.6 Å². The lowest BCUT2D eigenvalue weighted by Crippen LogP contribution is -2.46. The van der Waals surface area contributed by atoms with Gasteiger partial charge >= 0.3 is 5.97 Å². The number of halogens is 1. The van der Waals surface area contributed by atoms with Gasteiger partial charge in [0.25, 0.3) is 0 Å². The zero-order chi connectivity index (χ0) is 17.7. The van der Waals surface area contributed by atoms with E-state index in [1.165, 1.54) is 0 Å². The summed E-state index contributed by atoms with van der Waals surface area (Å²) in [5.74, 6) is -1.43. The van der Waals surface area contributed by atoms with Gasteiger partial charge in [0, 0.05) is 12.6 Å². The van der Waals surface area contributed by atoms with Gasteiger partial charge in [-0.05, 0) is 37.0 Å². The summed E-state index contributed by atoms with van der Waals surface area (Å²) in [6, 6.07) is 2.51. The van der Waals surface area contributed by atoms with Gasteiger partial charge in [0.2, 0.25) is 10.0 Å². The first-order chi connectivity index (χ1) is 11.4. The number of carbonyl (C=O) groups is 1. The van der Waals surface area contributed by atoms with Crippen LogP contribution in [0.3, 0.4) is 0 Å². The van der Waals surface area contributed by atoms with Crippen molar-refractivity contribution in [1.29, 1.82) is 0 Å². The Bertz CT molecular complexity index is 687. The predicted octanol–water partition coefficient (Wildman–Crippen LogP) is 1.80. The first-order valence-corrected chi connectivity index (χ1v) is 9.47. The van der Waals surface area contributed by atoms with Crippen LogP contribution in [0.5, 0.6) is 0 Å². The summed E-state index contributed by atoms with van der Waals surface area (Å²) in [6.07, 6.45) is 5.01. The molecule has 1 aliphatic rings. The predicted molar refractivity (Wildman–Crippen MR) is 87.5 cm³/mol. The molecule has 0 saturated heterocycles. The molecule has 8 heteroatoms.